The normalized spacial score (nSPS) is 11.9. The number of fused-ring (bicyclic) bond motifs is 8. The molecular weight excluding hydrogens is 464 g/mol. The molecule has 2 aliphatic heterocycles. The van der Waals surface area contributed by atoms with Gasteiger partial charge in [-0.05, 0) is 54.1 Å². The van der Waals surface area contributed by atoms with Gasteiger partial charge in [0.1, 0.15) is 0 Å². The number of benzene rings is 1. The first kappa shape index (κ1) is 23.2. The van der Waals surface area contributed by atoms with Crippen molar-refractivity contribution in [3.8, 4) is 11.1 Å². The average Bonchev–Trinajstić information content (AvgIpc) is 3.72. The largest absolute Gasteiger partial charge is 0.354 e. The zero-order valence-corrected chi connectivity index (χ0v) is 21.0. The van der Waals surface area contributed by atoms with Crippen LogP contribution >= 0.6 is 0 Å². The Bertz CT molecular complexity index is 1880. The van der Waals surface area contributed by atoms with Crippen LogP contribution in [0.15, 0.2) is 80.9 Å². The van der Waals surface area contributed by atoms with Gasteiger partial charge in [0.2, 0.25) is 0 Å². The molecule has 182 valence electrons. The summed E-state index contributed by atoms with van der Waals surface area (Å²) in [6.45, 7) is 16.7. The van der Waals surface area contributed by atoms with E-state index in [4.69, 9.17) is 9.97 Å². The van der Waals surface area contributed by atoms with E-state index in [0.717, 1.165) is 72.7 Å². The van der Waals surface area contributed by atoms with Crippen molar-refractivity contribution in [1.29, 1.82) is 0 Å². The van der Waals surface area contributed by atoms with E-state index in [2.05, 4.69) is 60.1 Å². The van der Waals surface area contributed by atoms with Crippen LogP contribution in [0.25, 0.3) is 81.9 Å². The molecule has 0 fully saturated rings. The summed E-state index contributed by atoms with van der Waals surface area (Å²) in [5.41, 5.74) is 12.1. The molecule has 3 aromatic heterocycles. The summed E-state index contributed by atoms with van der Waals surface area (Å²) in [4.78, 5) is 13.2. The van der Waals surface area contributed by atoms with Gasteiger partial charge >= 0.3 is 0 Å². The third-order valence-corrected chi connectivity index (χ3v) is 6.80. The first-order valence-electron chi connectivity index (χ1n) is 12.4. The van der Waals surface area contributed by atoms with Crippen LogP contribution < -0.4 is 0 Å². The molecule has 0 amide bonds. The molecule has 1 aromatic carbocycles. The lowest BCUT2D eigenvalue weighted by atomic mass is 10.00. The molecule has 8 bridgehead atoms. The molecule has 0 spiro atoms. The SMILES string of the molecule is C=Cc1cc2cc3nc(cc4nc(cc5c(-c6ccccc6)c(C=C)c(c(C=C)c1[nH]2)n5C=C)C=C4)C=C3. The first-order chi connectivity index (χ1) is 18.6. The Morgan fingerprint density at radius 3 is 1.92 bits per heavy atom. The number of aromatic amines is 1. The fourth-order valence-corrected chi connectivity index (χ4v) is 5.17. The molecule has 6 rings (SSSR count). The molecule has 4 nitrogen and oxygen atoms in total. The molecule has 0 saturated heterocycles. The minimum Gasteiger partial charge on any atom is -0.354 e. The van der Waals surface area contributed by atoms with E-state index in [1.807, 2.05) is 79.1 Å². The number of hydrogen-bond donors (Lipinski definition) is 1. The average molecular weight is 491 g/mol. The predicted octanol–water partition coefficient (Wildman–Crippen LogP) is 8.83. The van der Waals surface area contributed by atoms with Crippen molar-refractivity contribution in [3.63, 3.8) is 0 Å². The van der Waals surface area contributed by atoms with E-state index in [-0.39, 0.29) is 0 Å². The van der Waals surface area contributed by atoms with Crippen molar-refractivity contribution in [2.24, 2.45) is 0 Å². The Labute approximate surface area is 221 Å². The number of aromatic nitrogens is 4. The topological polar surface area (TPSA) is 46.5 Å². The summed E-state index contributed by atoms with van der Waals surface area (Å²) in [5, 5.41) is 0. The Kier molecular flexibility index (Phi) is 5.70. The summed E-state index contributed by atoms with van der Waals surface area (Å²) in [6.07, 6.45) is 15.5. The van der Waals surface area contributed by atoms with Gasteiger partial charge in [0, 0.05) is 34.0 Å². The molecule has 0 radical (unpaired) electrons. The summed E-state index contributed by atoms with van der Waals surface area (Å²) in [7, 11) is 0. The van der Waals surface area contributed by atoms with Crippen LogP contribution in [0, 0.1) is 0 Å². The molecule has 0 saturated carbocycles. The lowest BCUT2D eigenvalue weighted by molar-refractivity contribution is 1.26. The number of H-pyrrole nitrogens is 1. The lowest BCUT2D eigenvalue weighted by Gasteiger charge is -2.04. The van der Waals surface area contributed by atoms with Gasteiger partial charge in [-0.3, -0.25) is 0 Å². The second kappa shape index (κ2) is 9.34. The number of nitrogens with one attached hydrogen (secondary N) is 1. The maximum atomic E-state index is 4.87. The Morgan fingerprint density at radius 2 is 1.32 bits per heavy atom. The molecule has 4 heteroatoms. The number of rotatable bonds is 5. The second-order valence-corrected chi connectivity index (χ2v) is 9.04. The second-order valence-electron chi connectivity index (χ2n) is 9.04. The third kappa shape index (κ3) is 3.80. The van der Waals surface area contributed by atoms with Crippen LogP contribution in [0.2, 0.25) is 0 Å². The van der Waals surface area contributed by atoms with Crippen molar-refractivity contribution >= 4 is 70.8 Å². The lowest BCUT2D eigenvalue weighted by Crippen LogP contribution is -1.89. The van der Waals surface area contributed by atoms with Crippen molar-refractivity contribution in [1.82, 2.24) is 19.5 Å². The molecular formula is C34H26N4. The fourth-order valence-electron chi connectivity index (χ4n) is 5.17. The predicted molar refractivity (Wildman–Crippen MR) is 165 cm³/mol. The Balaban J connectivity index is 1.92. The van der Waals surface area contributed by atoms with Crippen molar-refractivity contribution in [2.45, 2.75) is 0 Å². The molecule has 0 aliphatic carbocycles. The van der Waals surface area contributed by atoms with Crippen LogP contribution in [-0.4, -0.2) is 19.5 Å². The van der Waals surface area contributed by atoms with Crippen LogP contribution in [-0.2, 0) is 0 Å². The summed E-state index contributed by atoms with van der Waals surface area (Å²) >= 11 is 0. The Hall–Kier alpha value is -5.22. The molecule has 1 N–H and O–H groups in total. The monoisotopic (exact) mass is 490 g/mol. The van der Waals surface area contributed by atoms with E-state index in [1.54, 1.807) is 0 Å². The first-order valence-corrected chi connectivity index (χ1v) is 12.4. The van der Waals surface area contributed by atoms with Crippen molar-refractivity contribution in [3.05, 3.63) is 120 Å². The highest BCUT2D eigenvalue weighted by Gasteiger charge is 2.19. The summed E-state index contributed by atoms with van der Waals surface area (Å²) in [6, 6.07) is 18.5. The quantitative estimate of drug-likeness (QED) is 0.262. The van der Waals surface area contributed by atoms with Crippen LogP contribution in [0.1, 0.15) is 39.5 Å². The minimum atomic E-state index is 0.843. The van der Waals surface area contributed by atoms with Gasteiger partial charge in [0.05, 0.1) is 39.3 Å². The van der Waals surface area contributed by atoms with Gasteiger partial charge in [-0.1, -0.05) is 74.9 Å². The molecule has 0 unspecified atom stereocenters. The summed E-state index contributed by atoms with van der Waals surface area (Å²) < 4.78 is 2.10. The van der Waals surface area contributed by atoms with Gasteiger partial charge in [0.25, 0.3) is 0 Å². The minimum absolute atomic E-state index is 0.843. The van der Waals surface area contributed by atoms with E-state index in [1.165, 1.54) is 0 Å². The summed E-state index contributed by atoms with van der Waals surface area (Å²) in [5.74, 6) is 0. The maximum Gasteiger partial charge on any atom is 0.0659 e. The van der Waals surface area contributed by atoms with Crippen molar-refractivity contribution in [2.75, 3.05) is 0 Å². The van der Waals surface area contributed by atoms with E-state index >= 15 is 0 Å². The maximum absolute atomic E-state index is 4.87. The van der Waals surface area contributed by atoms with Crippen LogP contribution in [0.4, 0.5) is 0 Å². The highest BCUT2D eigenvalue weighted by molar-refractivity contribution is 6.03. The zero-order valence-electron chi connectivity index (χ0n) is 21.0. The highest BCUT2D eigenvalue weighted by atomic mass is 15.0. The van der Waals surface area contributed by atoms with Crippen molar-refractivity contribution < 1.29 is 0 Å². The molecule has 5 heterocycles. The van der Waals surface area contributed by atoms with Crippen LogP contribution in [0.3, 0.4) is 0 Å². The van der Waals surface area contributed by atoms with Gasteiger partial charge in [-0.25, -0.2) is 9.97 Å². The fraction of sp³-hybridized carbons (Fsp3) is 0. The number of hydrogen-bond acceptors (Lipinski definition) is 2. The molecule has 0 atom stereocenters. The zero-order chi connectivity index (χ0) is 26.2. The van der Waals surface area contributed by atoms with E-state index < -0.39 is 0 Å². The van der Waals surface area contributed by atoms with Crippen LogP contribution in [0.5, 0.6) is 0 Å². The van der Waals surface area contributed by atoms with Gasteiger partial charge < -0.3 is 9.55 Å². The Morgan fingerprint density at radius 1 is 0.684 bits per heavy atom. The standard InChI is InChI=1S/C34H26N4/c1-5-22-18-28-20-26-15-14-24(35-26)19-25-16-17-27(36-25)21-31-32(23-12-10-9-11-13-23)29(6-2)34(38(31)8-4)30(7-3)33(22)37-28/h5-21,37H,1-4H2. The molecule has 38 heavy (non-hydrogen) atoms. The third-order valence-electron chi connectivity index (χ3n) is 6.80. The smallest absolute Gasteiger partial charge is 0.0659 e. The molecule has 2 aliphatic rings. The van der Waals surface area contributed by atoms with Gasteiger partial charge in [0.15, 0.2) is 0 Å². The highest BCUT2D eigenvalue weighted by Crippen LogP contribution is 2.38. The van der Waals surface area contributed by atoms with E-state index in [0.29, 0.717) is 0 Å². The van der Waals surface area contributed by atoms with Gasteiger partial charge in [-0.2, -0.15) is 0 Å². The van der Waals surface area contributed by atoms with Gasteiger partial charge in [-0.15, -0.1) is 0 Å². The number of nitrogens with zero attached hydrogens (tertiary/aromatic N) is 3. The van der Waals surface area contributed by atoms with E-state index in [9.17, 15) is 0 Å². The molecule has 4 aromatic rings.